The summed E-state index contributed by atoms with van der Waals surface area (Å²) in [6, 6.07) is 5.22. The number of carbonyl (C=O) groups excluding carboxylic acids is 4. The maximum Gasteiger partial charge on any atom is 0.323 e. The van der Waals surface area contributed by atoms with Gasteiger partial charge in [-0.15, -0.1) is 0 Å². The second kappa shape index (κ2) is 6.76. The number of hydrogen-bond acceptors (Lipinski definition) is 5. The normalized spacial score (nSPS) is 14.0. The van der Waals surface area contributed by atoms with Crippen molar-refractivity contribution >= 4 is 29.8 Å². The van der Waals surface area contributed by atoms with Gasteiger partial charge in [0.05, 0.1) is 30.7 Å². The van der Waals surface area contributed by atoms with Crippen LogP contribution in [0.2, 0.25) is 0 Å². The lowest BCUT2D eigenvalue weighted by Gasteiger charge is -2.23. The smallest absolute Gasteiger partial charge is 0.323 e. The van der Waals surface area contributed by atoms with Crippen molar-refractivity contribution in [2.24, 2.45) is 0 Å². The van der Waals surface area contributed by atoms with Crippen LogP contribution in [0.5, 0.6) is 0 Å². The highest BCUT2D eigenvalue weighted by Crippen LogP contribution is 2.26. The summed E-state index contributed by atoms with van der Waals surface area (Å²) in [4.78, 5) is 51.5. The van der Waals surface area contributed by atoms with Gasteiger partial charge in [-0.05, 0) is 12.1 Å². The van der Waals surface area contributed by atoms with Crippen molar-refractivity contribution in [2.45, 2.75) is 18.9 Å². The molecule has 1 aromatic carbocycles. The predicted octanol–water partition coefficient (Wildman–Crippen LogP) is 0.474. The van der Waals surface area contributed by atoms with E-state index in [4.69, 9.17) is 5.53 Å². The van der Waals surface area contributed by atoms with Gasteiger partial charge in [-0.25, -0.2) is 0 Å². The van der Waals surface area contributed by atoms with E-state index < -0.39 is 29.6 Å². The highest BCUT2D eigenvalue weighted by atomic mass is 16.5. The molecule has 0 aromatic heterocycles. The molecular formula is C15H13N3O5. The summed E-state index contributed by atoms with van der Waals surface area (Å²) in [5.74, 6) is -2.44. The number of hydrogen-bond donors (Lipinski definition) is 0. The second-order valence-corrected chi connectivity index (χ2v) is 4.87. The molecule has 0 radical (unpaired) electrons. The van der Waals surface area contributed by atoms with E-state index in [0.29, 0.717) is 6.21 Å². The van der Waals surface area contributed by atoms with Crippen LogP contribution in [-0.2, 0) is 14.3 Å². The lowest BCUT2D eigenvalue weighted by atomic mass is 10.1. The summed E-state index contributed by atoms with van der Waals surface area (Å²) in [6.45, 7) is 0. The third-order valence-corrected chi connectivity index (χ3v) is 3.46. The molecule has 0 bridgehead atoms. The molecule has 8 heteroatoms. The monoisotopic (exact) mass is 315 g/mol. The molecule has 0 spiro atoms. The fourth-order valence-corrected chi connectivity index (χ4v) is 2.42. The first kappa shape index (κ1) is 16.3. The lowest BCUT2D eigenvalue weighted by molar-refractivity contribution is -0.141. The third kappa shape index (κ3) is 3.22. The van der Waals surface area contributed by atoms with Crippen molar-refractivity contribution in [3.8, 4) is 0 Å². The number of ketones is 1. The Morgan fingerprint density at radius 3 is 2.26 bits per heavy atom. The van der Waals surface area contributed by atoms with Crippen LogP contribution < -0.4 is 0 Å². The summed E-state index contributed by atoms with van der Waals surface area (Å²) >= 11 is 0. The van der Waals surface area contributed by atoms with Gasteiger partial charge >= 0.3 is 12.2 Å². The van der Waals surface area contributed by atoms with E-state index >= 15 is 0 Å². The molecule has 1 unspecified atom stereocenters. The number of rotatable bonds is 6. The van der Waals surface area contributed by atoms with Gasteiger partial charge in [-0.2, -0.15) is 4.79 Å². The van der Waals surface area contributed by atoms with Crippen molar-refractivity contribution in [1.82, 2.24) is 4.90 Å². The molecule has 1 aromatic rings. The van der Waals surface area contributed by atoms with E-state index in [9.17, 15) is 19.2 Å². The van der Waals surface area contributed by atoms with Crippen LogP contribution >= 0.6 is 0 Å². The highest BCUT2D eigenvalue weighted by molar-refractivity contribution is 6.26. The Morgan fingerprint density at radius 1 is 1.22 bits per heavy atom. The first-order chi connectivity index (χ1) is 11.0. The summed E-state index contributed by atoms with van der Waals surface area (Å²) in [5.41, 5.74) is 8.83. The Morgan fingerprint density at radius 2 is 1.78 bits per heavy atom. The van der Waals surface area contributed by atoms with Crippen molar-refractivity contribution < 1.29 is 28.7 Å². The maximum absolute atomic E-state index is 12.4. The topological polar surface area (TPSA) is 117 Å². The number of benzene rings is 1. The lowest BCUT2D eigenvalue weighted by Crippen LogP contribution is -2.42. The molecule has 2 rings (SSSR count). The standard InChI is InChI=1S/C15H13N3O5/c1-23-13(20)7-9(6-10(19)8-17-16)18-14(21)11-4-2-3-5-12(11)15(18)22/h2-5,8-9H,6-7H2,1H3. The zero-order valence-corrected chi connectivity index (χ0v) is 12.3. The van der Waals surface area contributed by atoms with E-state index in [0.717, 1.165) is 4.90 Å². The SMILES string of the molecule is COC(=O)CC(CC(=O)C=[N+]=[N-])N1C(=O)c2ccccc2C1=O. The van der Waals surface area contributed by atoms with Crippen LogP contribution in [0.3, 0.4) is 0 Å². The van der Waals surface area contributed by atoms with Gasteiger partial charge in [0.1, 0.15) is 0 Å². The van der Waals surface area contributed by atoms with E-state index in [2.05, 4.69) is 9.53 Å². The molecule has 0 aliphatic carbocycles. The number of esters is 1. The average molecular weight is 315 g/mol. The molecule has 1 atom stereocenters. The number of fused-ring (bicyclic) bond motifs is 1. The van der Waals surface area contributed by atoms with Gasteiger partial charge in [-0.1, -0.05) is 12.1 Å². The number of carbonyl (C=O) groups is 4. The largest absolute Gasteiger partial charge is 0.469 e. The predicted molar refractivity (Wildman–Crippen MR) is 76.7 cm³/mol. The van der Waals surface area contributed by atoms with Gasteiger partial charge in [0, 0.05) is 6.42 Å². The van der Waals surface area contributed by atoms with Crippen LogP contribution in [-0.4, -0.2) is 52.6 Å². The summed E-state index contributed by atoms with van der Waals surface area (Å²) in [5, 5.41) is 0. The minimum Gasteiger partial charge on any atom is -0.469 e. The molecule has 8 nitrogen and oxygen atoms in total. The Balaban J connectivity index is 2.34. The van der Waals surface area contributed by atoms with Crippen molar-refractivity contribution in [1.29, 1.82) is 0 Å². The Hall–Kier alpha value is -3.12. The number of nitrogens with zero attached hydrogens (tertiary/aromatic N) is 3. The first-order valence-electron chi connectivity index (χ1n) is 6.73. The van der Waals surface area contributed by atoms with Gasteiger partial charge in [0.2, 0.25) is 5.78 Å². The van der Waals surface area contributed by atoms with Crippen molar-refractivity contribution in [2.75, 3.05) is 7.11 Å². The van der Waals surface area contributed by atoms with Crippen LogP contribution in [0.4, 0.5) is 0 Å². The minimum atomic E-state index is -1.01. The molecule has 23 heavy (non-hydrogen) atoms. The van der Waals surface area contributed by atoms with Gasteiger partial charge in [-0.3, -0.25) is 24.1 Å². The molecule has 118 valence electrons. The number of methoxy groups -OCH3 is 1. The van der Waals surface area contributed by atoms with Crippen molar-refractivity contribution in [3.63, 3.8) is 0 Å². The van der Waals surface area contributed by atoms with E-state index in [1.54, 1.807) is 12.1 Å². The summed E-state index contributed by atoms with van der Waals surface area (Å²) in [7, 11) is 1.17. The zero-order chi connectivity index (χ0) is 17.0. The molecule has 2 amide bonds. The molecule has 0 N–H and O–H groups in total. The van der Waals surface area contributed by atoms with Gasteiger partial charge < -0.3 is 10.3 Å². The summed E-state index contributed by atoms with van der Waals surface area (Å²) in [6.07, 6.45) is -0.0138. The number of ether oxygens (including phenoxy) is 1. The number of amides is 2. The minimum absolute atomic E-state index is 0.218. The first-order valence-corrected chi connectivity index (χ1v) is 6.73. The second-order valence-electron chi connectivity index (χ2n) is 4.87. The quantitative estimate of drug-likeness (QED) is 0.249. The van der Waals surface area contributed by atoms with Crippen LogP contribution in [0.1, 0.15) is 33.6 Å². The Kier molecular flexibility index (Phi) is 4.78. The van der Waals surface area contributed by atoms with Crippen molar-refractivity contribution in [3.05, 3.63) is 40.9 Å². The summed E-state index contributed by atoms with van der Waals surface area (Å²) < 4.78 is 4.55. The van der Waals surface area contributed by atoms with E-state index in [1.165, 1.54) is 19.2 Å². The molecule has 1 aliphatic heterocycles. The highest BCUT2D eigenvalue weighted by Gasteiger charge is 2.41. The van der Waals surface area contributed by atoms with Gasteiger partial charge in [0.25, 0.3) is 11.8 Å². The third-order valence-electron chi connectivity index (χ3n) is 3.46. The van der Waals surface area contributed by atoms with Crippen LogP contribution in [0, 0.1) is 0 Å². The molecule has 0 saturated heterocycles. The Bertz CT molecular complexity index is 701. The number of imide groups is 1. The maximum atomic E-state index is 12.4. The number of Topliss-reactive ketones (excluding diaryl/α,β-unsaturated/α-hetero) is 1. The van der Waals surface area contributed by atoms with E-state index in [-0.39, 0.29) is 24.0 Å². The molecule has 0 saturated carbocycles. The molecule has 0 fully saturated rings. The molecule has 1 heterocycles. The van der Waals surface area contributed by atoms with Crippen LogP contribution in [0.25, 0.3) is 5.53 Å². The van der Waals surface area contributed by atoms with E-state index in [1.807, 2.05) is 0 Å². The Labute approximate surface area is 131 Å². The van der Waals surface area contributed by atoms with Gasteiger partial charge in [0.15, 0.2) is 0 Å². The zero-order valence-electron chi connectivity index (χ0n) is 12.3. The molecular weight excluding hydrogens is 302 g/mol. The average Bonchev–Trinajstić information content (AvgIpc) is 2.79. The molecule has 1 aliphatic rings. The van der Waals surface area contributed by atoms with Crippen LogP contribution in [0.15, 0.2) is 24.3 Å². The fourth-order valence-electron chi connectivity index (χ4n) is 2.42. The fraction of sp³-hybridized carbons (Fsp3) is 0.267.